The lowest BCUT2D eigenvalue weighted by Gasteiger charge is -2.31. The van der Waals surface area contributed by atoms with Crippen LogP contribution >= 0.6 is 0 Å². The minimum absolute atomic E-state index is 0.0104. The molecule has 0 bridgehead atoms. The molecular weight excluding hydrogens is 486 g/mol. The van der Waals surface area contributed by atoms with Gasteiger partial charge < -0.3 is 10.6 Å². The highest BCUT2D eigenvalue weighted by atomic mass is 32.2. The Bertz CT molecular complexity index is 1400. The van der Waals surface area contributed by atoms with Crippen LogP contribution in [0.5, 0.6) is 0 Å². The van der Waals surface area contributed by atoms with Crippen molar-refractivity contribution in [3.05, 3.63) is 47.8 Å². The first-order chi connectivity index (χ1) is 17.4. The Morgan fingerprint density at radius 3 is 2.56 bits per heavy atom. The van der Waals surface area contributed by atoms with Gasteiger partial charge in [-0.05, 0) is 68.8 Å². The third-order valence-electron chi connectivity index (χ3n) is 7.38. The molecule has 1 saturated carbocycles. The summed E-state index contributed by atoms with van der Waals surface area (Å²) in [5.41, 5.74) is 1.53. The van der Waals surface area contributed by atoms with E-state index in [0.717, 1.165) is 44.0 Å². The number of hydrogen-bond acceptors (Lipinski definition) is 7. The monoisotopic (exact) mass is 514 g/mol. The van der Waals surface area contributed by atoms with Crippen molar-refractivity contribution >= 4 is 26.9 Å². The molecule has 1 atom stereocenters. The molecule has 6 rings (SSSR count). The minimum Gasteiger partial charge on any atom is -0.351 e. The smallest absolute Gasteiger partial charge is 0.223 e. The number of rotatable bonds is 6. The Balaban J connectivity index is 1.25. The van der Waals surface area contributed by atoms with Gasteiger partial charge in [-0.2, -0.15) is 0 Å². The highest BCUT2D eigenvalue weighted by Crippen LogP contribution is 2.34. The summed E-state index contributed by atoms with van der Waals surface area (Å²) in [4.78, 5) is 12.7. The van der Waals surface area contributed by atoms with Gasteiger partial charge in [0.1, 0.15) is 17.0 Å². The van der Waals surface area contributed by atoms with E-state index in [1.165, 1.54) is 6.07 Å². The number of benzene rings is 1. The zero-order valence-corrected chi connectivity index (χ0v) is 20.6. The first-order valence-electron chi connectivity index (χ1n) is 12.5. The number of pyridine rings is 1. The summed E-state index contributed by atoms with van der Waals surface area (Å²) in [7, 11) is -3.19. The van der Waals surface area contributed by atoms with Crippen LogP contribution in [0.4, 0.5) is 14.7 Å². The molecule has 1 aliphatic carbocycles. The van der Waals surface area contributed by atoms with Crippen molar-refractivity contribution in [2.24, 2.45) is 0 Å². The maximum absolute atomic E-state index is 15.1. The summed E-state index contributed by atoms with van der Waals surface area (Å²) < 4.78 is 56.5. The molecule has 36 heavy (non-hydrogen) atoms. The summed E-state index contributed by atoms with van der Waals surface area (Å²) >= 11 is 0. The molecule has 3 fully saturated rings. The number of halogens is 2. The maximum atomic E-state index is 15.1. The van der Waals surface area contributed by atoms with Crippen LogP contribution in [0.15, 0.2) is 30.6 Å². The summed E-state index contributed by atoms with van der Waals surface area (Å²) in [6, 6.07) is 4.96. The third kappa shape index (κ3) is 4.44. The molecule has 11 heteroatoms. The maximum Gasteiger partial charge on any atom is 0.223 e. The molecule has 2 aromatic heterocycles. The predicted molar refractivity (Wildman–Crippen MR) is 133 cm³/mol. The molecule has 0 radical (unpaired) electrons. The van der Waals surface area contributed by atoms with Crippen LogP contribution in [0.2, 0.25) is 0 Å². The number of fused-ring (bicyclic) bond motifs is 1. The van der Waals surface area contributed by atoms with Crippen molar-refractivity contribution in [1.82, 2.24) is 24.6 Å². The van der Waals surface area contributed by atoms with Crippen molar-refractivity contribution in [3.8, 4) is 11.3 Å². The van der Waals surface area contributed by atoms with Crippen LogP contribution < -0.4 is 10.6 Å². The third-order valence-corrected chi connectivity index (χ3v) is 9.78. The number of anilines is 1. The van der Waals surface area contributed by atoms with Crippen molar-refractivity contribution in [3.63, 3.8) is 0 Å². The molecule has 3 aliphatic rings. The highest BCUT2D eigenvalue weighted by molar-refractivity contribution is 7.90. The van der Waals surface area contributed by atoms with Crippen molar-refractivity contribution in [2.45, 2.75) is 55.9 Å². The second-order valence-corrected chi connectivity index (χ2v) is 12.1. The van der Waals surface area contributed by atoms with E-state index in [2.05, 4.69) is 25.6 Å². The lowest BCUT2D eigenvalue weighted by Crippen LogP contribution is -2.43. The molecule has 4 heterocycles. The van der Waals surface area contributed by atoms with Crippen molar-refractivity contribution in [2.75, 3.05) is 25.0 Å². The average Bonchev–Trinajstić information content (AvgIpc) is 3.61. The Hall–Kier alpha value is -2.76. The van der Waals surface area contributed by atoms with Gasteiger partial charge in [0.15, 0.2) is 5.82 Å². The summed E-state index contributed by atoms with van der Waals surface area (Å²) in [6.07, 6.45) is 7.38. The van der Waals surface area contributed by atoms with E-state index in [-0.39, 0.29) is 34.5 Å². The predicted octanol–water partition coefficient (Wildman–Crippen LogP) is 3.76. The van der Waals surface area contributed by atoms with E-state index >= 15 is 4.39 Å². The van der Waals surface area contributed by atoms with Gasteiger partial charge in [-0.15, -0.1) is 0 Å². The van der Waals surface area contributed by atoms with Crippen molar-refractivity contribution < 1.29 is 17.2 Å². The van der Waals surface area contributed by atoms with Crippen LogP contribution in [-0.4, -0.2) is 58.6 Å². The average molecular weight is 515 g/mol. The van der Waals surface area contributed by atoms with E-state index in [1.54, 1.807) is 16.6 Å². The second kappa shape index (κ2) is 9.28. The van der Waals surface area contributed by atoms with E-state index in [1.807, 2.05) is 6.07 Å². The summed E-state index contributed by atoms with van der Waals surface area (Å²) in [5.74, 6) is -0.938. The molecule has 8 nitrogen and oxygen atoms in total. The minimum atomic E-state index is -3.19. The standard InChI is InChI=1S/C25H28F2N6O2S/c26-20-13-15(12-19-18(5-9-29-24(19)20)22-2-1-8-28-22)23-21(27)14-30-25(32-23)31-16-6-10-33(11-7-16)36(34,35)17-3-4-17/h5,9,12-14,16-17,22,28H,1-4,6-8,10-11H2,(H,30,31,32). The highest BCUT2D eigenvalue weighted by Gasteiger charge is 2.41. The van der Waals surface area contributed by atoms with Crippen LogP contribution in [0, 0.1) is 11.6 Å². The fourth-order valence-corrected chi connectivity index (χ4v) is 7.15. The fraction of sp³-hybridized carbons (Fsp3) is 0.480. The fourth-order valence-electron chi connectivity index (χ4n) is 5.28. The number of nitrogens with one attached hydrogen (secondary N) is 2. The first kappa shape index (κ1) is 23.6. The Labute approximate surface area is 208 Å². The van der Waals surface area contributed by atoms with Crippen LogP contribution in [0.3, 0.4) is 0 Å². The number of aromatic nitrogens is 3. The quantitative estimate of drug-likeness (QED) is 0.517. The summed E-state index contributed by atoms with van der Waals surface area (Å²) in [5, 5.41) is 7.07. The van der Waals surface area contributed by atoms with Crippen LogP contribution in [0.25, 0.3) is 22.2 Å². The second-order valence-electron chi connectivity index (χ2n) is 9.86. The lowest BCUT2D eigenvalue weighted by molar-refractivity contribution is 0.328. The molecular formula is C25H28F2N6O2S. The van der Waals surface area contributed by atoms with Gasteiger partial charge in [-0.1, -0.05) is 0 Å². The zero-order valence-electron chi connectivity index (χ0n) is 19.8. The van der Waals surface area contributed by atoms with Gasteiger partial charge in [0.25, 0.3) is 0 Å². The van der Waals surface area contributed by atoms with Crippen LogP contribution in [0.1, 0.15) is 50.1 Å². The van der Waals surface area contributed by atoms with Gasteiger partial charge in [0.2, 0.25) is 16.0 Å². The first-order valence-corrected chi connectivity index (χ1v) is 14.0. The van der Waals surface area contributed by atoms with E-state index in [0.29, 0.717) is 36.9 Å². The van der Waals surface area contributed by atoms with Gasteiger partial charge in [-0.25, -0.2) is 31.5 Å². The van der Waals surface area contributed by atoms with Gasteiger partial charge in [0.05, 0.1) is 11.4 Å². The molecule has 1 unspecified atom stereocenters. The summed E-state index contributed by atoms with van der Waals surface area (Å²) in [6.45, 7) is 1.77. The molecule has 3 aromatic rings. The molecule has 2 N–H and O–H groups in total. The number of sulfonamides is 1. The molecule has 0 amide bonds. The largest absolute Gasteiger partial charge is 0.351 e. The number of piperidine rings is 1. The normalized spacial score (nSPS) is 21.8. The SMILES string of the molecule is O=S(=O)(C1CC1)N1CCC(Nc2ncc(F)c(-c3cc(F)c4nccc(C5CCCN5)c4c3)n2)CC1. The zero-order chi connectivity index (χ0) is 24.9. The molecule has 0 spiro atoms. The van der Waals surface area contributed by atoms with Gasteiger partial charge in [-0.3, -0.25) is 4.98 Å². The number of nitrogens with zero attached hydrogens (tertiary/aromatic N) is 4. The Kier molecular flexibility index (Phi) is 6.09. The topological polar surface area (TPSA) is 100 Å². The van der Waals surface area contributed by atoms with E-state index in [9.17, 15) is 12.8 Å². The van der Waals surface area contributed by atoms with Crippen molar-refractivity contribution in [1.29, 1.82) is 0 Å². The molecule has 1 aromatic carbocycles. The molecule has 2 saturated heterocycles. The van der Waals surface area contributed by atoms with Crippen LogP contribution in [-0.2, 0) is 10.0 Å². The van der Waals surface area contributed by atoms with E-state index < -0.39 is 21.7 Å². The van der Waals surface area contributed by atoms with Gasteiger partial charge in [0, 0.05) is 42.3 Å². The Morgan fingerprint density at radius 2 is 1.83 bits per heavy atom. The number of hydrogen-bond donors (Lipinski definition) is 2. The van der Waals surface area contributed by atoms with Gasteiger partial charge >= 0.3 is 0 Å². The Morgan fingerprint density at radius 1 is 1.03 bits per heavy atom. The molecule has 2 aliphatic heterocycles. The molecule has 190 valence electrons. The van der Waals surface area contributed by atoms with E-state index in [4.69, 9.17) is 0 Å². The lowest BCUT2D eigenvalue weighted by atomic mass is 9.98.